The van der Waals surface area contributed by atoms with Crippen LogP contribution in [0.5, 0.6) is 0 Å². The lowest BCUT2D eigenvalue weighted by Gasteiger charge is -2.11. The maximum Gasteiger partial charge on any atom is 0.371 e. The summed E-state index contributed by atoms with van der Waals surface area (Å²) in [6.45, 7) is 0. The van der Waals surface area contributed by atoms with Crippen molar-refractivity contribution in [1.29, 1.82) is 0 Å². The van der Waals surface area contributed by atoms with E-state index in [1.165, 1.54) is 6.07 Å². The molecule has 1 atom stereocenters. The summed E-state index contributed by atoms with van der Waals surface area (Å²) in [6, 6.07) is 10.0. The molecule has 3 aromatic rings. The largest absolute Gasteiger partial charge is 0.475 e. The van der Waals surface area contributed by atoms with Gasteiger partial charge in [-0.3, -0.25) is 4.98 Å². The molecule has 5 nitrogen and oxygen atoms in total. The molecule has 3 rings (SSSR count). The molecule has 2 N–H and O–H groups in total. The number of aliphatic hydroxyl groups excluding tert-OH is 1. The lowest BCUT2D eigenvalue weighted by atomic mass is 10.00. The van der Waals surface area contributed by atoms with Crippen molar-refractivity contribution in [2.45, 2.75) is 6.10 Å². The van der Waals surface area contributed by atoms with Gasteiger partial charge in [0.1, 0.15) is 11.7 Å². The zero-order valence-electron chi connectivity index (χ0n) is 10.4. The lowest BCUT2D eigenvalue weighted by Crippen LogP contribution is -2.00. The molecule has 0 aliphatic rings. The fourth-order valence-electron chi connectivity index (χ4n) is 2.14. The van der Waals surface area contributed by atoms with Crippen molar-refractivity contribution >= 4 is 16.9 Å². The van der Waals surface area contributed by atoms with E-state index in [9.17, 15) is 9.90 Å². The lowest BCUT2D eigenvalue weighted by molar-refractivity contribution is 0.0665. The Morgan fingerprint density at radius 3 is 2.80 bits per heavy atom. The van der Waals surface area contributed by atoms with Gasteiger partial charge in [-0.2, -0.15) is 0 Å². The number of furan rings is 1. The number of hydrogen-bond donors (Lipinski definition) is 2. The van der Waals surface area contributed by atoms with Gasteiger partial charge < -0.3 is 14.6 Å². The van der Waals surface area contributed by atoms with E-state index in [-0.39, 0.29) is 5.76 Å². The number of hydrogen-bond acceptors (Lipinski definition) is 4. The second-order valence-electron chi connectivity index (χ2n) is 4.36. The average Bonchev–Trinajstić information content (AvgIpc) is 2.91. The van der Waals surface area contributed by atoms with Gasteiger partial charge in [-0.15, -0.1) is 0 Å². The van der Waals surface area contributed by atoms with Crippen LogP contribution in [0.15, 0.2) is 53.2 Å². The molecular formula is C15H11NO4. The SMILES string of the molecule is O=C(O)c1cc2c(C(O)c3cccnc3)cccc2o1. The molecule has 2 heterocycles. The van der Waals surface area contributed by atoms with Crippen LogP contribution < -0.4 is 0 Å². The number of pyridine rings is 1. The van der Waals surface area contributed by atoms with E-state index in [4.69, 9.17) is 9.52 Å². The number of carboxylic acids is 1. The zero-order chi connectivity index (χ0) is 14.1. The minimum absolute atomic E-state index is 0.147. The highest BCUT2D eigenvalue weighted by Crippen LogP contribution is 2.30. The second kappa shape index (κ2) is 4.79. The highest BCUT2D eigenvalue weighted by molar-refractivity contribution is 5.92. The summed E-state index contributed by atoms with van der Waals surface area (Å²) in [4.78, 5) is 14.9. The van der Waals surface area contributed by atoms with Crippen molar-refractivity contribution in [2.75, 3.05) is 0 Å². The molecule has 0 saturated carbocycles. The molecule has 0 saturated heterocycles. The minimum Gasteiger partial charge on any atom is -0.475 e. The Balaban J connectivity index is 2.14. The number of aromatic carboxylic acids is 1. The first-order chi connectivity index (χ1) is 9.66. The number of benzene rings is 1. The summed E-state index contributed by atoms with van der Waals surface area (Å²) in [5, 5.41) is 20.0. The van der Waals surface area contributed by atoms with Crippen molar-refractivity contribution < 1.29 is 19.4 Å². The molecule has 20 heavy (non-hydrogen) atoms. The maximum absolute atomic E-state index is 11.0. The van der Waals surface area contributed by atoms with Gasteiger partial charge in [-0.05, 0) is 23.8 Å². The third kappa shape index (κ3) is 2.04. The van der Waals surface area contributed by atoms with E-state index in [0.29, 0.717) is 22.1 Å². The van der Waals surface area contributed by atoms with Crippen molar-refractivity contribution in [3.8, 4) is 0 Å². The molecule has 2 aromatic heterocycles. The first kappa shape index (κ1) is 12.4. The predicted molar refractivity (Wildman–Crippen MR) is 71.5 cm³/mol. The third-order valence-corrected chi connectivity index (χ3v) is 3.10. The van der Waals surface area contributed by atoms with Gasteiger partial charge in [0.05, 0.1) is 0 Å². The number of carbonyl (C=O) groups is 1. The molecule has 1 unspecified atom stereocenters. The van der Waals surface area contributed by atoms with E-state index in [1.807, 2.05) is 0 Å². The van der Waals surface area contributed by atoms with E-state index in [0.717, 1.165) is 0 Å². The monoisotopic (exact) mass is 269 g/mol. The molecular weight excluding hydrogens is 258 g/mol. The second-order valence-corrected chi connectivity index (χ2v) is 4.36. The first-order valence-corrected chi connectivity index (χ1v) is 6.00. The molecule has 0 amide bonds. The van der Waals surface area contributed by atoms with Crippen LogP contribution in [-0.2, 0) is 0 Å². The normalized spacial score (nSPS) is 12.4. The molecule has 0 spiro atoms. The van der Waals surface area contributed by atoms with E-state index < -0.39 is 12.1 Å². The van der Waals surface area contributed by atoms with Gasteiger partial charge >= 0.3 is 5.97 Å². The molecule has 1 aromatic carbocycles. The Kier molecular flexibility index (Phi) is 2.96. The molecule has 0 radical (unpaired) electrons. The van der Waals surface area contributed by atoms with Crippen LogP contribution in [0.2, 0.25) is 0 Å². The van der Waals surface area contributed by atoms with Crippen LogP contribution >= 0.6 is 0 Å². The number of carboxylic acid groups (broad SMARTS) is 1. The van der Waals surface area contributed by atoms with Crippen molar-refractivity contribution in [1.82, 2.24) is 4.98 Å². The zero-order valence-corrected chi connectivity index (χ0v) is 10.4. The summed E-state index contributed by atoms with van der Waals surface area (Å²) < 4.78 is 5.23. The highest BCUT2D eigenvalue weighted by atomic mass is 16.4. The van der Waals surface area contributed by atoms with Crippen LogP contribution in [0, 0.1) is 0 Å². The molecule has 5 heteroatoms. The fraction of sp³-hybridized carbons (Fsp3) is 0.0667. The third-order valence-electron chi connectivity index (χ3n) is 3.10. The topological polar surface area (TPSA) is 83.6 Å². The number of nitrogens with zero attached hydrogens (tertiary/aromatic N) is 1. The van der Waals surface area contributed by atoms with Gasteiger partial charge in [0, 0.05) is 23.3 Å². The molecule has 0 aliphatic carbocycles. The number of aliphatic hydroxyl groups is 1. The van der Waals surface area contributed by atoms with Gasteiger partial charge in [-0.25, -0.2) is 4.79 Å². The number of rotatable bonds is 3. The molecule has 0 fully saturated rings. The van der Waals surface area contributed by atoms with Gasteiger partial charge in [0.15, 0.2) is 0 Å². The highest BCUT2D eigenvalue weighted by Gasteiger charge is 2.18. The Hall–Kier alpha value is -2.66. The Bertz CT molecular complexity index is 764. The van der Waals surface area contributed by atoms with Crippen LogP contribution in [0.4, 0.5) is 0 Å². The molecule has 0 aliphatic heterocycles. The van der Waals surface area contributed by atoms with Crippen LogP contribution in [0.3, 0.4) is 0 Å². The van der Waals surface area contributed by atoms with Crippen molar-refractivity contribution in [2.24, 2.45) is 0 Å². The fourth-order valence-corrected chi connectivity index (χ4v) is 2.14. The number of aromatic nitrogens is 1. The standard InChI is InChI=1S/C15H11NO4/c17-14(9-3-2-6-16-8-9)10-4-1-5-12-11(10)7-13(20-12)15(18)19/h1-8,14,17H,(H,18,19). The van der Waals surface area contributed by atoms with Crippen LogP contribution in [-0.4, -0.2) is 21.2 Å². The summed E-state index contributed by atoms with van der Waals surface area (Å²) >= 11 is 0. The predicted octanol–water partition coefficient (Wildman–Crippen LogP) is 2.61. The van der Waals surface area contributed by atoms with E-state index in [1.54, 1.807) is 42.7 Å². The molecule has 100 valence electrons. The summed E-state index contributed by atoms with van der Waals surface area (Å²) in [5.41, 5.74) is 1.66. The Labute approximate surface area is 114 Å². The summed E-state index contributed by atoms with van der Waals surface area (Å²) in [5.74, 6) is -1.28. The van der Waals surface area contributed by atoms with Crippen LogP contribution in [0.25, 0.3) is 11.0 Å². The van der Waals surface area contributed by atoms with E-state index in [2.05, 4.69) is 4.98 Å². The van der Waals surface area contributed by atoms with Crippen LogP contribution in [0.1, 0.15) is 27.8 Å². The number of fused-ring (bicyclic) bond motifs is 1. The Morgan fingerprint density at radius 1 is 1.25 bits per heavy atom. The average molecular weight is 269 g/mol. The minimum atomic E-state index is -1.14. The van der Waals surface area contributed by atoms with Gasteiger partial charge in [0.25, 0.3) is 0 Å². The summed E-state index contributed by atoms with van der Waals surface area (Å²) in [6.07, 6.45) is 2.31. The maximum atomic E-state index is 11.0. The van der Waals surface area contributed by atoms with Gasteiger partial charge in [-0.1, -0.05) is 18.2 Å². The first-order valence-electron chi connectivity index (χ1n) is 6.00. The molecule has 0 bridgehead atoms. The van der Waals surface area contributed by atoms with Crippen molar-refractivity contribution in [3.05, 3.63) is 65.7 Å². The van der Waals surface area contributed by atoms with E-state index >= 15 is 0 Å². The smallest absolute Gasteiger partial charge is 0.371 e. The Morgan fingerprint density at radius 2 is 2.10 bits per heavy atom. The quantitative estimate of drug-likeness (QED) is 0.763. The summed E-state index contributed by atoms with van der Waals surface area (Å²) in [7, 11) is 0. The van der Waals surface area contributed by atoms with Crippen molar-refractivity contribution in [3.63, 3.8) is 0 Å². The van der Waals surface area contributed by atoms with Gasteiger partial charge in [0.2, 0.25) is 5.76 Å².